The number of fused-ring (bicyclic) bond motifs is 1. The molecule has 8 heteroatoms. The van der Waals surface area contributed by atoms with Crippen molar-refractivity contribution < 1.29 is 19.1 Å². The summed E-state index contributed by atoms with van der Waals surface area (Å²) >= 11 is 0. The Bertz CT molecular complexity index is 699. The van der Waals surface area contributed by atoms with E-state index in [0.717, 1.165) is 18.8 Å². The minimum absolute atomic E-state index is 0. The Hall–Kier alpha value is -1.99. The van der Waals surface area contributed by atoms with Crippen LogP contribution in [0.25, 0.3) is 0 Å². The Morgan fingerprint density at radius 1 is 1.19 bits per heavy atom. The Morgan fingerprint density at radius 2 is 1.96 bits per heavy atom. The fraction of sp³-hybridized carbons (Fsp3) is 0.556. The van der Waals surface area contributed by atoms with Crippen molar-refractivity contribution >= 4 is 29.9 Å². The molecule has 0 bridgehead atoms. The van der Waals surface area contributed by atoms with E-state index in [1.165, 1.54) is 0 Å². The molecule has 0 aliphatic carbocycles. The molecule has 1 aromatic rings. The van der Waals surface area contributed by atoms with Gasteiger partial charge < -0.3 is 24.6 Å². The van der Waals surface area contributed by atoms with Crippen molar-refractivity contribution in [1.82, 2.24) is 10.2 Å². The normalized spacial score (nSPS) is 25.0. The SMILES string of the molecule is C[C@@H]1CNCCN1C(=O)C1CCN(c2ccc3c(c2)OCCO3)C1=O.Cl. The van der Waals surface area contributed by atoms with Gasteiger partial charge in [0.1, 0.15) is 19.1 Å². The van der Waals surface area contributed by atoms with Gasteiger partial charge in [-0.15, -0.1) is 12.4 Å². The first kappa shape index (κ1) is 18.8. The van der Waals surface area contributed by atoms with Gasteiger partial charge in [0.15, 0.2) is 11.5 Å². The average Bonchev–Trinajstić information content (AvgIpc) is 3.02. The van der Waals surface area contributed by atoms with Crippen molar-refractivity contribution in [3.05, 3.63) is 18.2 Å². The number of anilines is 1. The van der Waals surface area contributed by atoms with Crippen LogP contribution in [-0.4, -0.2) is 62.1 Å². The molecule has 3 aliphatic heterocycles. The zero-order chi connectivity index (χ0) is 17.4. The molecular formula is C18H24ClN3O4. The summed E-state index contributed by atoms with van der Waals surface area (Å²) in [4.78, 5) is 29.2. The highest BCUT2D eigenvalue weighted by molar-refractivity contribution is 6.09. The summed E-state index contributed by atoms with van der Waals surface area (Å²) in [6, 6.07) is 5.63. The highest BCUT2D eigenvalue weighted by atomic mass is 35.5. The number of rotatable bonds is 2. The molecular weight excluding hydrogens is 358 g/mol. The number of benzene rings is 1. The minimum atomic E-state index is -0.575. The summed E-state index contributed by atoms with van der Waals surface area (Å²) in [5, 5.41) is 3.27. The molecule has 7 nitrogen and oxygen atoms in total. The van der Waals surface area contributed by atoms with Crippen LogP contribution in [0.3, 0.4) is 0 Å². The third-order valence-corrected chi connectivity index (χ3v) is 5.13. The van der Waals surface area contributed by atoms with Gasteiger partial charge in [-0.1, -0.05) is 0 Å². The van der Waals surface area contributed by atoms with Crippen LogP contribution in [0.2, 0.25) is 0 Å². The monoisotopic (exact) mass is 381 g/mol. The number of piperazine rings is 1. The molecule has 2 saturated heterocycles. The first-order valence-electron chi connectivity index (χ1n) is 8.87. The van der Waals surface area contributed by atoms with Crippen molar-refractivity contribution in [2.45, 2.75) is 19.4 Å². The van der Waals surface area contributed by atoms with Crippen molar-refractivity contribution in [3.63, 3.8) is 0 Å². The second-order valence-corrected chi connectivity index (χ2v) is 6.74. The molecule has 3 aliphatic rings. The number of nitrogens with zero attached hydrogens (tertiary/aromatic N) is 2. The molecule has 142 valence electrons. The molecule has 1 unspecified atom stereocenters. The van der Waals surface area contributed by atoms with E-state index in [2.05, 4.69) is 5.32 Å². The maximum absolute atomic E-state index is 12.9. The topological polar surface area (TPSA) is 71.1 Å². The van der Waals surface area contributed by atoms with Crippen LogP contribution >= 0.6 is 12.4 Å². The van der Waals surface area contributed by atoms with Gasteiger partial charge in [0.2, 0.25) is 11.8 Å². The Balaban J connectivity index is 0.00000196. The predicted octanol–water partition coefficient (Wildman–Crippen LogP) is 1.05. The van der Waals surface area contributed by atoms with Gasteiger partial charge >= 0.3 is 0 Å². The van der Waals surface area contributed by atoms with Gasteiger partial charge in [-0.3, -0.25) is 9.59 Å². The van der Waals surface area contributed by atoms with Crippen LogP contribution in [-0.2, 0) is 9.59 Å². The van der Waals surface area contributed by atoms with Gasteiger partial charge in [-0.25, -0.2) is 0 Å². The maximum Gasteiger partial charge on any atom is 0.239 e. The molecule has 3 heterocycles. The summed E-state index contributed by atoms with van der Waals surface area (Å²) in [7, 11) is 0. The Labute approximate surface area is 159 Å². The second-order valence-electron chi connectivity index (χ2n) is 6.74. The van der Waals surface area contributed by atoms with Crippen molar-refractivity contribution in [1.29, 1.82) is 0 Å². The largest absolute Gasteiger partial charge is 0.486 e. The van der Waals surface area contributed by atoms with Crippen LogP contribution in [0.4, 0.5) is 5.69 Å². The standard InChI is InChI=1S/C18H23N3O4.ClH/c1-12-11-19-5-7-20(12)17(22)14-4-6-21(18(14)23)13-2-3-15-16(10-13)25-9-8-24-15;/h2-3,10,12,14,19H,4-9,11H2,1H3;1H/t12-,14?;/m1./s1. The van der Waals surface area contributed by atoms with Crippen molar-refractivity contribution in [2.24, 2.45) is 5.92 Å². The molecule has 4 rings (SSSR count). The first-order chi connectivity index (χ1) is 12.1. The van der Waals surface area contributed by atoms with E-state index in [1.54, 1.807) is 4.90 Å². The highest BCUT2D eigenvalue weighted by Crippen LogP contribution is 2.36. The van der Waals surface area contributed by atoms with E-state index >= 15 is 0 Å². The number of hydrogen-bond donors (Lipinski definition) is 1. The molecule has 26 heavy (non-hydrogen) atoms. The van der Waals surface area contributed by atoms with Crippen LogP contribution < -0.4 is 19.7 Å². The van der Waals surface area contributed by atoms with E-state index in [4.69, 9.17) is 9.47 Å². The average molecular weight is 382 g/mol. The van der Waals surface area contributed by atoms with Crippen LogP contribution in [0.15, 0.2) is 18.2 Å². The molecule has 2 atom stereocenters. The lowest BCUT2D eigenvalue weighted by atomic mass is 10.0. The zero-order valence-corrected chi connectivity index (χ0v) is 15.6. The van der Waals surface area contributed by atoms with Crippen molar-refractivity contribution in [2.75, 3.05) is 44.3 Å². The molecule has 2 fully saturated rings. The summed E-state index contributed by atoms with van der Waals surface area (Å²) < 4.78 is 11.1. The smallest absolute Gasteiger partial charge is 0.239 e. The van der Waals surface area contributed by atoms with Crippen LogP contribution in [0.1, 0.15) is 13.3 Å². The molecule has 1 aromatic carbocycles. The lowest BCUT2D eigenvalue weighted by Crippen LogP contribution is -2.54. The van der Waals surface area contributed by atoms with Crippen molar-refractivity contribution in [3.8, 4) is 11.5 Å². The van der Waals surface area contributed by atoms with Gasteiger partial charge in [0.25, 0.3) is 0 Å². The third-order valence-electron chi connectivity index (χ3n) is 5.13. The number of ether oxygens (including phenoxy) is 2. The number of carbonyl (C=O) groups is 2. The number of nitrogens with one attached hydrogen (secondary N) is 1. The van der Waals surface area contributed by atoms with Gasteiger partial charge in [-0.2, -0.15) is 0 Å². The Kier molecular flexibility index (Phi) is 5.58. The fourth-order valence-electron chi connectivity index (χ4n) is 3.73. The molecule has 0 aromatic heterocycles. The van der Waals surface area contributed by atoms with Crippen LogP contribution in [0.5, 0.6) is 11.5 Å². The summed E-state index contributed by atoms with van der Waals surface area (Å²) in [6.07, 6.45) is 0.558. The lowest BCUT2D eigenvalue weighted by Gasteiger charge is -2.35. The number of hydrogen-bond acceptors (Lipinski definition) is 5. The zero-order valence-electron chi connectivity index (χ0n) is 14.8. The number of amides is 2. The molecule has 2 amide bonds. The summed E-state index contributed by atoms with van der Waals surface area (Å²) in [5.74, 6) is 0.617. The van der Waals surface area contributed by atoms with E-state index in [9.17, 15) is 9.59 Å². The molecule has 0 spiro atoms. The fourth-order valence-corrected chi connectivity index (χ4v) is 3.73. The quantitative estimate of drug-likeness (QED) is 0.775. The first-order valence-corrected chi connectivity index (χ1v) is 8.87. The molecule has 0 radical (unpaired) electrons. The highest BCUT2D eigenvalue weighted by Gasteiger charge is 2.41. The number of halogens is 1. The lowest BCUT2D eigenvalue weighted by molar-refractivity contribution is -0.142. The molecule has 1 N–H and O–H groups in total. The van der Waals surface area contributed by atoms with E-state index in [0.29, 0.717) is 44.2 Å². The maximum atomic E-state index is 12.9. The minimum Gasteiger partial charge on any atom is -0.486 e. The van der Waals surface area contributed by atoms with E-state index in [1.807, 2.05) is 30.0 Å². The predicted molar refractivity (Wildman–Crippen MR) is 99.2 cm³/mol. The Morgan fingerprint density at radius 3 is 2.73 bits per heavy atom. The summed E-state index contributed by atoms with van der Waals surface area (Å²) in [5.41, 5.74) is 0.762. The van der Waals surface area contributed by atoms with Gasteiger partial charge in [0.05, 0.1) is 0 Å². The molecule has 0 saturated carbocycles. The summed E-state index contributed by atoms with van der Waals surface area (Å²) in [6.45, 7) is 5.83. The van der Waals surface area contributed by atoms with E-state index < -0.39 is 5.92 Å². The second kappa shape index (κ2) is 7.72. The van der Waals surface area contributed by atoms with Crippen LogP contribution in [0, 0.1) is 5.92 Å². The van der Waals surface area contributed by atoms with E-state index in [-0.39, 0.29) is 30.3 Å². The third kappa shape index (κ3) is 3.33. The van der Waals surface area contributed by atoms with Gasteiger partial charge in [0, 0.05) is 44.0 Å². The number of carbonyl (C=O) groups excluding carboxylic acids is 2. The van der Waals surface area contributed by atoms with Gasteiger partial charge in [-0.05, 0) is 25.5 Å².